The molecule has 2 fully saturated rings. The van der Waals surface area contributed by atoms with E-state index < -0.39 is 0 Å². The number of nitrogens with one attached hydrogen (secondary N) is 1. The lowest BCUT2D eigenvalue weighted by Gasteiger charge is -2.52. The summed E-state index contributed by atoms with van der Waals surface area (Å²) in [4.78, 5) is 5.39. The summed E-state index contributed by atoms with van der Waals surface area (Å²) < 4.78 is 0. The largest absolute Gasteiger partial charge is 0.320 e. The van der Waals surface area contributed by atoms with E-state index in [0.717, 1.165) is 12.6 Å². The Morgan fingerprint density at radius 2 is 1.89 bits per heavy atom. The molecule has 1 heterocycles. The molecule has 18 heavy (non-hydrogen) atoms. The minimum Gasteiger partial charge on any atom is -0.320 e. The van der Waals surface area contributed by atoms with Crippen molar-refractivity contribution in [3.63, 3.8) is 0 Å². The number of hydrogen-bond acceptors (Lipinski definition) is 3. The Morgan fingerprint density at radius 3 is 2.50 bits per heavy atom. The Hall–Kier alpha value is -0.120. The fourth-order valence-corrected chi connectivity index (χ4v) is 3.70. The van der Waals surface area contributed by atoms with Crippen molar-refractivity contribution >= 4 is 0 Å². The highest BCUT2D eigenvalue weighted by atomic mass is 15.3. The second kappa shape index (κ2) is 5.89. The third-order valence-corrected chi connectivity index (χ3v) is 5.11. The van der Waals surface area contributed by atoms with Gasteiger partial charge in [0.05, 0.1) is 0 Å². The molecule has 2 aliphatic rings. The van der Waals surface area contributed by atoms with Crippen LogP contribution in [0, 0.1) is 0 Å². The Bertz CT molecular complexity index is 258. The molecule has 0 spiro atoms. The molecule has 1 N–H and O–H groups in total. The van der Waals surface area contributed by atoms with Gasteiger partial charge in [0, 0.05) is 30.7 Å². The van der Waals surface area contributed by atoms with Crippen LogP contribution in [0.5, 0.6) is 0 Å². The maximum Gasteiger partial charge on any atom is 0.0280 e. The number of likely N-dealkylation sites (N-methyl/N-ethyl adjacent to an activating group) is 1. The third kappa shape index (κ3) is 3.06. The van der Waals surface area contributed by atoms with Gasteiger partial charge in [-0.15, -0.1) is 0 Å². The molecule has 0 radical (unpaired) electrons. The molecule has 1 aliphatic carbocycles. The van der Waals surface area contributed by atoms with E-state index in [9.17, 15) is 0 Å². The first-order chi connectivity index (χ1) is 8.54. The monoisotopic (exact) mass is 253 g/mol. The van der Waals surface area contributed by atoms with Crippen LogP contribution in [-0.2, 0) is 0 Å². The van der Waals surface area contributed by atoms with Gasteiger partial charge >= 0.3 is 0 Å². The van der Waals surface area contributed by atoms with E-state index in [2.05, 4.69) is 43.1 Å². The fraction of sp³-hybridized carbons (Fsp3) is 1.00. The summed E-state index contributed by atoms with van der Waals surface area (Å²) >= 11 is 0. The highest BCUT2D eigenvalue weighted by molar-refractivity contribution is 4.96. The van der Waals surface area contributed by atoms with Crippen molar-refractivity contribution in [3.8, 4) is 0 Å². The minimum atomic E-state index is 0.319. The average molecular weight is 253 g/mol. The van der Waals surface area contributed by atoms with Gasteiger partial charge in [0.15, 0.2) is 0 Å². The van der Waals surface area contributed by atoms with Crippen molar-refractivity contribution in [2.24, 2.45) is 0 Å². The Balaban J connectivity index is 2.01. The van der Waals surface area contributed by atoms with Crippen LogP contribution < -0.4 is 5.32 Å². The molecule has 0 amide bonds. The second-order valence-corrected chi connectivity index (χ2v) is 6.84. The first-order valence-electron chi connectivity index (χ1n) is 7.66. The molecule has 106 valence electrons. The van der Waals surface area contributed by atoms with Gasteiger partial charge in [0.25, 0.3) is 0 Å². The second-order valence-electron chi connectivity index (χ2n) is 6.84. The van der Waals surface area contributed by atoms with Crippen LogP contribution in [0.4, 0.5) is 0 Å². The van der Waals surface area contributed by atoms with Crippen LogP contribution in [0.15, 0.2) is 0 Å². The first-order valence-corrected chi connectivity index (χ1v) is 7.66. The number of nitrogens with zero attached hydrogens (tertiary/aromatic N) is 2. The van der Waals surface area contributed by atoms with Crippen LogP contribution in [0.3, 0.4) is 0 Å². The molecular weight excluding hydrogens is 222 g/mol. The van der Waals surface area contributed by atoms with E-state index in [0.29, 0.717) is 11.6 Å². The minimum absolute atomic E-state index is 0.319. The Morgan fingerprint density at radius 1 is 1.22 bits per heavy atom. The van der Waals surface area contributed by atoms with Crippen LogP contribution in [0.25, 0.3) is 0 Å². The summed E-state index contributed by atoms with van der Waals surface area (Å²) in [7, 11) is 4.37. The number of piperazine rings is 1. The van der Waals surface area contributed by atoms with Crippen LogP contribution in [0.2, 0.25) is 0 Å². The van der Waals surface area contributed by atoms with Crippen LogP contribution in [-0.4, -0.2) is 61.2 Å². The predicted molar refractivity (Wildman–Crippen MR) is 78.0 cm³/mol. The van der Waals surface area contributed by atoms with Crippen molar-refractivity contribution in [3.05, 3.63) is 0 Å². The van der Waals surface area contributed by atoms with Gasteiger partial charge in [-0.25, -0.2) is 0 Å². The molecule has 1 atom stereocenters. The summed E-state index contributed by atoms with van der Waals surface area (Å²) in [6.45, 7) is 8.45. The predicted octanol–water partition coefficient (Wildman–Crippen LogP) is 1.93. The molecule has 1 saturated heterocycles. The number of rotatable bonds is 4. The Labute approximate surface area is 113 Å². The summed E-state index contributed by atoms with van der Waals surface area (Å²) in [6, 6.07) is 1.58. The van der Waals surface area contributed by atoms with Crippen LogP contribution >= 0.6 is 0 Å². The molecule has 1 aliphatic heterocycles. The van der Waals surface area contributed by atoms with Gasteiger partial charge in [0.2, 0.25) is 0 Å². The molecule has 3 nitrogen and oxygen atoms in total. The van der Waals surface area contributed by atoms with Crippen molar-refractivity contribution in [1.82, 2.24) is 15.1 Å². The van der Waals surface area contributed by atoms with Crippen molar-refractivity contribution in [2.45, 2.75) is 63.6 Å². The zero-order valence-corrected chi connectivity index (χ0v) is 12.7. The topological polar surface area (TPSA) is 18.5 Å². The highest BCUT2D eigenvalue weighted by Gasteiger charge is 2.39. The maximum atomic E-state index is 3.30. The van der Waals surface area contributed by atoms with Gasteiger partial charge in [0.1, 0.15) is 0 Å². The van der Waals surface area contributed by atoms with Gasteiger partial charge < -0.3 is 5.32 Å². The standard InChI is InChI=1S/C15H31N3/c1-15(2)12-18(13-7-5-6-8-13)11-14(17(15)4)9-10-16-3/h13-14,16H,5-12H2,1-4H3. The van der Waals surface area contributed by atoms with Gasteiger partial charge in [-0.05, 0) is 53.8 Å². The molecular formula is C15H31N3. The average Bonchev–Trinajstić information content (AvgIpc) is 2.84. The molecule has 1 unspecified atom stereocenters. The van der Waals surface area contributed by atoms with E-state index in [1.807, 2.05) is 0 Å². The van der Waals surface area contributed by atoms with E-state index in [1.54, 1.807) is 0 Å². The van der Waals surface area contributed by atoms with Crippen LogP contribution in [0.1, 0.15) is 46.0 Å². The zero-order valence-electron chi connectivity index (χ0n) is 12.7. The molecule has 1 saturated carbocycles. The van der Waals surface area contributed by atoms with Gasteiger partial charge in [-0.2, -0.15) is 0 Å². The van der Waals surface area contributed by atoms with E-state index >= 15 is 0 Å². The lowest BCUT2D eigenvalue weighted by molar-refractivity contribution is -0.0260. The highest BCUT2D eigenvalue weighted by Crippen LogP contribution is 2.31. The van der Waals surface area contributed by atoms with Crippen molar-refractivity contribution in [1.29, 1.82) is 0 Å². The van der Waals surface area contributed by atoms with E-state index in [-0.39, 0.29) is 0 Å². The molecule has 0 aromatic carbocycles. The lowest BCUT2D eigenvalue weighted by Crippen LogP contribution is -2.64. The SMILES string of the molecule is CNCCC1CN(C2CCCC2)CC(C)(C)N1C. The first kappa shape index (κ1) is 14.3. The van der Waals surface area contributed by atoms with Gasteiger partial charge in [-0.3, -0.25) is 9.80 Å². The normalized spacial score (nSPS) is 31.0. The fourth-order valence-electron chi connectivity index (χ4n) is 3.70. The van der Waals surface area contributed by atoms with Crippen molar-refractivity contribution < 1.29 is 0 Å². The van der Waals surface area contributed by atoms with Gasteiger partial charge in [-0.1, -0.05) is 12.8 Å². The Kier molecular flexibility index (Phi) is 4.68. The van der Waals surface area contributed by atoms with Crippen molar-refractivity contribution in [2.75, 3.05) is 33.7 Å². The number of hydrogen-bond donors (Lipinski definition) is 1. The zero-order chi connectivity index (χ0) is 13.2. The molecule has 0 aromatic heterocycles. The molecule has 2 rings (SSSR count). The lowest BCUT2D eigenvalue weighted by atomic mass is 9.92. The maximum absolute atomic E-state index is 3.30. The summed E-state index contributed by atoms with van der Waals surface area (Å²) in [6.07, 6.45) is 7.01. The van der Waals surface area contributed by atoms with E-state index in [1.165, 1.54) is 45.2 Å². The summed E-state index contributed by atoms with van der Waals surface area (Å²) in [5, 5.41) is 3.30. The summed E-state index contributed by atoms with van der Waals surface area (Å²) in [5.41, 5.74) is 0.319. The smallest absolute Gasteiger partial charge is 0.0280 e. The molecule has 0 bridgehead atoms. The quantitative estimate of drug-likeness (QED) is 0.826. The third-order valence-electron chi connectivity index (χ3n) is 5.11. The van der Waals surface area contributed by atoms with E-state index in [4.69, 9.17) is 0 Å². The molecule has 0 aromatic rings. The molecule has 3 heteroatoms. The summed E-state index contributed by atoms with van der Waals surface area (Å²) in [5.74, 6) is 0.